The SMILES string of the molecule is COc1cc(N2CCC(c3ccccc3)C2=O)ccc1-c1cnco1. The summed E-state index contributed by atoms with van der Waals surface area (Å²) in [5.41, 5.74) is 2.72. The maximum atomic E-state index is 12.9. The van der Waals surface area contributed by atoms with Gasteiger partial charge in [0.25, 0.3) is 0 Å². The molecule has 0 saturated carbocycles. The highest BCUT2D eigenvalue weighted by Crippen LogP contribution is 2.37. The number of anilines is 1. The third-order valence-electron chi connectivity index (χ3n) is 4.60. The summed E-state index contributed by atoms with van der Waals surface area (Å²) >= 11 is 0. The topological polar surface area (TPSA) is 55.6 Å². The Labute approximate surface area is 145 Å². The van der Waals surface area contributed by atoms with Crippen LogP contribution in [0.2, 0.25) is 0 Å². The molecule has 0 spiro atoms. The molecule has 1 fully saturated rings. The molecule has 0 bridgehead atoms. The molecule has 1 atom stereocenters. The van der Waals surface area contributed by atoms with Gasteiger partial charge in [-0.2, -0.15) is 0 Å². The standard InChI is InChI=1S/C20H18N2O3/c1-24-18-11-15(7-8-17(18)19-12-21-13-25-19)22-10-9-16(20(22)23)14-5-3-2-4-6-14/h2-8,11-13,16H,9-10H2,1H3. The van der Waals surface area contributed by atoms with Crippen LogP contribution in [-0.4, -0.2) is 24.5 Å². The first-order chi connectivity index (χ1) is 12.3. The second-order valence-corrected chi connectivity index (χ2v) is 5.99. The molecule has 1 saturated heterocycles. The summed E-state index contributed by atoms with van der Waals surface area (Å²) in [4.78, 5) is 18.6. The molecule has 1 aromatic heterocycles. The number of carbonyl (C=O) groups excluding carboxylic acids is 1. The molecule has 5 heteroatoms. The number of carbonyl (C=O) groups is 1. The van der Waals surface area contributed by atoms with E-state index in [9.17, 15) is 4.79 Å². The van der Waals surface area contributed by atoms with E-state index in [-0.39, 0.29) is 11.8 Å². The van der Waals surface area contributed by atoms with Crippen LogP contribution in [0.15, 0.2) is 65.5 Å². The van der Waals surface area contributed by atoms with Gasteiger partial charge in [0.15, 0.2) is 12.2 Å². The molecular weight excluding hydrogens is 316 g/mol. The molecule has 4 rings (SSSR count). The van der Waals surface area contributed by atoms with Gasteiger partial charge in [-0.05, 0) is 24.1 Å². The Morgan fingerprint density at radius 3 is 2.76 bits per heavy atom. The second-order valence-electron chi connectivity index (χ2n) is 5.99. The van der Waals surface area contributed by atoms with Crippen molar-refractivity contribution in [1.29, 1.82) is 0 Å². The number of amides is 1. The fraction of sp³-hybridized carbons (Fsp3) is 0.200. The Morgan fingerprint density at radius 1 is 1.20 bits per heavy atom. The van der Waals surface area contributed by atoms with Gasteiger partial charge in [0.1, 0.15) is 5.75 Å². The lowest BCUT2D eigenvalue weighted by atomic mass is 9.98. The van der Waals surface area contributed by atoms with Gasteiger partial charge in [0.2, 0.25) is 5.91 Å². The highest BCUT2D eigenvalue weighted by Gasteiger charge is 2.33. The maximum Gasteiger partial charge on any atom is 0.234 e. The molecule has 1 aliphatic heterocycles. The van der Waals surface area contributed by atoms with E-state index in [0.29, 0.717) is 18.1 Å². The highest BCUT2D eigenvalue weighted by atomic mass is 16.5. The van der Waals surface area contributed by atoms with Crippen LogP contribution in [0, 0.1) is 0 Å². The Hall–Kier alpha value is -3.08. The van der Waals surface area contributed by atoms with Gasteiger partial charge >= 0.3 is 0 Å². The predicted octanol–water partition coefficient (Wildman–Crippen LogP) is 3.87. The Bertz CT molecular complexity index is 875. The zero-order valence-electron chi connectivity index (χ0n) is 13.9. The number of oxazole rings is 1. The molecule has 3 aromatic rings. The Kier molecular flexibility index (Phi) is 3.98. The summed E-state index contributed by atoms with van der Waals surface area (Å²) in [7, 11) is 1.61. The summed E-state index contributed by atoms with van der Waals surface area (Å²) in [6.45, 7) is 0.698. The smallest absolute Gasteiger partial charge is 0.234 e. The lowest BCUT2D eigenvalue weighted by molar-refractivity contribution is -0.118. The van der Waals surface area contributed by atoms with Gasteiger partial charge in [-0.25, -0.2) is 4.98 Å². The zero-order valence-corrected chi connectivity index (χ0v) is 13.9. The lowest BCUT2D eigenvalue weighted by Crippen LogP contribution is -2.26. The first kappa shape index (κ1) is 15.4. The average Bonchev–Trinajstić information content (AvgIpc) is 3.32. The number of hydrogen-bond acceptors (Lipinski definition) is 4. The molecule has 0 radical (unpaired) electrons. The van der Waals surface area contributed by atoms with Crippen molar-refractivity contribution in [1.82, 2.24) is 4.98 Å². The van der Waals surface area contributed by atoms with E-state index in [4.69, 9.17) is 9.15 Å². The van der Waals surface area contributed by atoms with Crippen LogP contribution in [0.1, 0.15) is 17.9 Å². The Morgan fingerprint density at radius 2 is 2.04 bits per heavy atom. The predicted molar refractivity (Wildman–Crippen MR) is 94.6 cm³/mol. The fourth-order valence-corrected chi connectivity index (χ4v) is 3.33. The van der Waals surface area contributed by atoms with Crippen LogP contribution < -0.4 is 9.64 Å². The summed E-state index contributed by atoms with van der Waals surface area (Å²) in [5, 5.41) is 0. The molecule has 1 aliphatic rings. The average molecular weight is 334 g/mol. The van der Waals surface area contributed by atoms with Gasteiger partial charge in [-0.15, -0.1) is 0 Å². The summed E-state index contributed by atoms with van der Waals surface area (Å²) in [5.74, 6) is 1.34. The molecule has 0 N–H and O–H groups in total. The van der Waals surface area contributed by atoms with Crippen molar-refractivity contribution in [3.05, 3.63) is 66.7 Å². The highest BCUT2D eigenvalue weighted by molar-refractivity contribution is 6.00. The molecule has 2 heterocycles. The molecule has 25 heavy (non-hydrogen) atoms. The van der Waals surface area contributed by atoms with Gasteiger partial charge in [-0.1, -0.05) is 30.3 Å². The summed E-state index contributed by atoms with van der Waals surface area (Å²) in [6.07, 6.45) is 3.84. The van der Waals surface area contributed by atoms with Crippen molar-refractivity contribution in [3.63, 3.8) is 0 Å². The number of nitrogens with zero attached hydrogens (tertiary/aromatic N) is 2. The normalized spacial score (nSPS) is 17.1. The van der Waals surface area contributed by atoms with Crippen molar-refractivity contribution in [2.45, 2.75) is 12.3 Å². The zero-order chi connectivity index (χ0) is 17.2. The van der Waals surface area contributed by atoms with E-state index in [0.717, 1.165) is 23.2 Å². The van der Waals surface area contributed by atoms with Crippen molar-refractivity contribution in [2.24, 2.45) is 0 Å². The largest absolute Gasteiger partial charge is 0.496 e. The van der Waals surface area contributed by atoms with E-state index >= 15 is 0 Å². The minimum Gasteiger partial charge on any atom is -0.496 e. The molecule has 1 unspecified atom stereocenters. The maximum absolute atomic E-state index is 12.9. The number of benzene rings is 2. The van der Waals surface area contributed by atoms with E-state index < -0.39 is 0 Å². The van der Waals surface area contributed by atoms with Crippen LogP contribution in [0.4, 0.5) is 5.69 Å². The minimum atomic E-state index is -0.0823. The van der Waals surface area contributed by atoms with E-state index in [1.54, 1.807) is 13.3 Å². The summed E-state index contributed by atoms with van der Waals surface area (Å²) < 4.78 is 10.8. The molecule has 1 amide bonds. The molecule has 0 aliphatic carbocycles. The first-order valence-electron chi connectivity index (χ1n) is 8.21. The monoisotopic (exact) mass is 334 g/mol. The Balaban J connectivity index is 1.63. The number of rotatable bonds is 4. The lowest BCUT2D eigenvalue weighted by Gasteiger charge is -2.19. The van der Waals surface area contributed by atoms with Gasteiger partial charge in [0, 0.05) is 18.3 Å². The van der Waals surface area contributed by atoms with E-state index in [1.165, 1.54) is 6.39 Å². The number of ether oxygens (including phenoxy) is 1. The number of hydrogen-bond donors (Lipinski definition) is 0. The fourth-order valence-electron chi connectivity index (χ4n) is 3.33. The van der Waals surface area contributed by atoms with Gasteiger partial charge in [0.05, 0.1) is 24.8 Å². The van der Waals surface area contributed by atoms with Gasteiger partial charge < -0.3 is 14.1 Å². The number of aromatic nitrogens is 1. The van der Waals surface area contributed by atoms with Crippen LogP contribution in [0.5, 0.6) is 5.75 Å². The second kappa shape index (κ2) is 6.43. The van der Waals surface area contributed by atoms with Crippen molar-refractivity contribution in [2.75, 3.05) is 18.6 Å². The molecule has 126 valence electrons. The molecular formula is C20H18N2O3. The van der Waals surface area contributed by atoms with Crippen LogP contribution >= 0.6 is 0 Å². The molecule has 2 aromatic carbocycles. The van der Waals surface area contributed by atoms with E-state index in [2.05, 4.69) is 4.98 Å². The van der Waals surface area contributed by atoms with E-state index in [1.807, 2.05) is 53.4 Å². The number of methoxy groups -OCH3 is 1. The van der Waals surface area contributed by atoms with Crippen LogP contribution in [-0.2, 0) is 4.79 Å². The van der Waals surface area contributed by atoms with Gasteiger partial charge in [-0.3, -0.25) is 4.79 Å². The third kappa shape index (κ3) is 2.78. The van der Waals surface area contributed by atoms with Crippen molar-refractivity contribution >= 4 is 11.6 Å². The van der Waals surface area contributed by atoms with Crippen molar-refractivity contribution < 1.29 is 13.9 Å². The van der Waals surface area contributed by atoms with Crippen molar-refractivity contribution in [3.8, 4) is 17.1 Å². The third-order valence-corrected chi connectivity index (χ3v) is 4.60. The molecule has 5 nitrogen and oxygen atoms in total. The van der Waals surface area contributed by atoms with Crippen LogP contribution in [0.25, 0.3) is 11.3 Å². The summed E-state index contributed by atoms with van der Waals surface area (Å²) in [6, 6.07) is 15.6. The van der Waals surface area contributed by atoms with Crippen LogP contribution in [0.3, 0.4) is 0 Å². The first-order valence-corrected chi connectivity index (χ1v) is 8.21. The quantitative estimate of drug-likeness (QED) is 0.727. The minimum absolute atomic E-state index is 0.0823.